The number of methoxy groups -OCH3 is 1. The predicted molar refractivity (Wildman–Crippen MR) is 52.9 cm³/mol. The molecule has 0 atom stereocenters. The molecule has 1 aliphatic rings. The summed E-state index contributed by atoms with van der Waals surface area (Å²) in [5.41, 5.74) is 8.34. The highest BCUT2D eigenvalue weighted by Crippen LogP contribution is 2.42. The van der Waals surface area contributed by atoms with E-state index in [1.807, 2.05) is 12.1 Å². The highest BCUT2D eigenvalue weighted by Gasteiger charge is 2.25. The molecule has 0 unspecified atom stereocenters. The minimum absolute atomic E-state index is 0.614. The molecule has 0 amide bonds. The average Bonchev–Trinajstić information content (AvgIpc) is 3.00. The van der Waals surface area contributed by atoms with Crippen molar-refractivity contribution < 1.29 is 4.74 Å². The second-order valence-corrected chi connectivity index (χ2v) is 3.54. The van der Waals surface area contributed by atoms with E-state index in [1.165, 1.54) is 24.0 Å². The SMILES string of the molecule is COc1ccc(C2CC2)c(CN)c1. The van der Waals surface area contributed by atoms with Gasteiger partial charge in [-0.15, -0.1) is 0 Å². The minimum atomic E-state index is 0.614. The third-order valence-electron chi connectivity index (χ3n) is 2.59. The van der Waals surface area contributed by atoms with Crippen LogP contribution in [0.3, 0.4) is 0 Å². The average molecular weight is 177 g/mol. The smallest absolute Gasteiger partial charge is 0.119 e. The Morgan fingerprint density at radius 1 is 1.46 bits per heavy atom. The monoisotopic (exact) mass is 177 g/mol. The zero-order chi connectivity index (χ0) is 9.26. The van der Waals surface area contributed by atoms with Crippen LogP contribution in [0.15, 0.2) is 18.2 Å². The number of rotatable bonds is 3. The fourth-order valence-electron chi connectivity index (χ4n) is 1.68. The van der Waals surface area contributed by atoms with E-state index < -0.39 is 0 Å². The second-order valence-electron chi connectivity index (χ2n) is 3.54. The molecular formula is C11H15NO. The van der Waals surface area contributed by atoms with Gasteiger partial charge >= 0.3 is 0 Å². The Bertz CT molecular complexity index is 305. The van der Waals surface area contributed by atoms with Crippen LogP contribution in [0, 0.1) is 0 Å². The minimum Gasteiger partial charge on any atom is -0.497 e. The Kier molecular flexibility index (Phi) is 2.23. The maximum absolute atomic E-state index is 5.68. The molecule has 0 bridgehead atoms. The molecule has 0 aromatic heterocycles. The van der Waals surface area contributed by atoms with E-state index in [-0.39, 0.29) is 0 Å². The third-order valence-corrected chi connectivity index (χ3v) is 2.59. The Balaban J connectivity index is 2.33. The molecule has 1 aromatic carbocycles. The molecular weight excluding hydrogens is 162 g/mol. The summed E-state index contributed by atoms with van der Waals surface area (Å²) in [6.07, 6.45) is 2.64. The fraction of sp³-hybridized carbons (Fsp3) is 0.455. The molecule has 2 N–H and O–H groups in total. The number of hydrogen-bond acceptors (Lipinski definition) is 2. The van der Waals surface area contributed by atoms with Crippen LogP contribution in [0.1, 0.15) is 29.9 Å². The molecule has 0 spiro atoms. The van der Waals surface area contributed by atoms with Crippen LogP contribution >= 0.6 is 0 Å². The number of nitrogens with two attached hydrogens (primary N) is 1. The van der Waals surface area contributed by atoms with Gasteiger partial charge in [-0.1, -0.05) is 6.07 Å². The van der Waals surface area contributed by atoms with Crippen LogP contribution in [-0.2, 0) is 6.54 Å². The highest BCUT2D eigenvalue weighted by molar-refractivity contribution is 5.39. The van der Waals surface area contributed by atoms with Crippen molar-refractivity contribution >= 4 is 0 Å². The van der Waals surface area contributed by atoms with Crippen molar-refractivity contribution in [2.45, 2.75) is 25.3 Å². The molecule has 13 heavy (non-hydrogen) atoms. The van der Waals surface area contributed by atoms with Crippen LogP contribution < -0.4 is 10.5 Å². The maximum Gasteiger partial charge on any atom is 0.119 e. The van der Waals surface area contributed by atoms with Crippen molar-refractivity contribution in [2.24, 2.45) is 5.73 Å². The summed E-state index contributed by atoms with van der Waals surface area (Å²) in [7, 11) is 1.69. The molecule has 0 saturated heterocycles. The first-order chi connectivity index (χ1) is 6.35. The molecule has 2 nitrogen and oxygen atoms in total. The summed E-state index contributed by atoms with van der Waals surface area (Å²) >= 11 is 0. The van der Waals surface area contributed by atoms with E-state index in [9.17, 15) is 0 Å². The highest BCUT2D eigenvalue weighted by atomic mass is 16.5. The summed E-state index contributed by atoms with van der Waals surface area (Å²) < 4.78 is 5.16. The number of ether oxygens (including phenoxy) is 1. The molecule has 1 fully saturated rings. The normalized spacial score (nSPS) is 15.8. The Hall–Kier alpha value is -1.02. The largest absolute Gasteiger partial charge is 0.497 e. The fourth-order valence-corrected chi connectivity index (χ4v) is 1.68. The zero-order valence-electron chi connectivity index (χ0n) is 7.92. The summed E-state index contributed by atoms with van der Waals surface area (Å²) in [6.45, 7) is 0.614. The van der Waals surface area contributed by atoms with Crippen molar-refractivity contribution in [3.05, 3.63) is 29.3 Å². The van der Waals surface area contributed by atoms with Gasteiger partial charge in [0.1, 0.15) is 5.75 Å². The first kappa shape index (κ1) is 8.57. The van der Waals surface area contributed by atoms with Crippen LogP contribution in [0.25, 0.3) is 0 Å². The Morgan fingerprint density at radius 2 is 2.23 bits per heavy atom. The van der Waals surface area contributed by atoms with Gasteiger partial charge in [0.15, 0.2) is 0 Å². The maximum atomic E-state index is 5.68. The van der Waals surface area contributed by atoms with Crippen molar-refractivity contribution in [2.75, 3.05) is 7.11 Å². The van der Waals surface area contributed by atoms with Crippen molar-refractivity contribution in [1.29, 1.82) is 0 Å². The first-order valence-electron chi connectivity index (χ1n) is 4.72. The quantitative estimate of drug-likeness (QED) is 0.766. The van der Waals surface area contributed by atoms with Gasteiger partial charge in [-0.25, -0.2) is 0 Å². The van der Waals surface area contributed by atoms with Crippen molar-refractivity contribution in [1.82, 2.24) is 0 Å². The number of benzene rings is 1. The molecule has 70 valence electrons. The molecule has 1 aromatic rings. The first-order valence-corrected chi connectivity index (χ1v) is 4.72. The van der Waals surface area contributed by atoms with Gasteiger partial charge in [-0.3, -0.25) is 0 Å². The standard InChI is InChI=1S/C11H15NO/c1-13-10-4-5-11(8-2-3-8)9(6-10)7-12/h4-6,8H,2-3,7,12H2,1H3. The van der Waals surface area contributed by atoms with Crippen molar-refractivity contribution in [3.63, 3.8) is 0 Å². The van der Waals surface area contributed by atoms with Crippen molar-refractivity contribution in [3.8, 4) is 5.75 Å². The van der Waals surface area contributed by atoms with E-state index in [0.717, 1.165) is 11.7 Å². The number of hydrogen-bond donors (Lipinski definition) is 1. The molecule has 2 rings (SSSR count). The van der Waals surface area contributed by atoms with Crippen LogP contribution in [-0.4, -0.2) is 7.11 Å². The predicted octanol–water partition coefficient (Wildman–Crippen LogP) is 2.03. The summed E-state index contributed by atoms with van der Waals surface area (Å²) in [5.74, 6) is 1.68. The van der Waals surface area contributed by atoms with E-state index in [0.29, 0.717) is 6.54 Å². The lowest BCUT2D eigenvalue weighted by molar-refractivity contribution is 0.414. The summed E-state index contributed by atoms with van der Waals surface area (Å²) in [5, 5.41) is 0. The van der Waals surface area contributed by atoms with Gasteiger partial charge in [-0.2, -0.15) is 0 Å². The molecule has 1 aliphatic carbocycles. The van der Waals surface area contributed by atoms with Crippen LogP contribution in [0.4, 0.5) is 0 Å². The molecule has 1 saturated carbocycles. The lowest BCUT2D eigenvalue weighted by Gasteiger charge is -2.08. The Labute approximate surface area is 78.7 Å². The lowest BCUT2D eigenvalue weighted by Crippen LogP contribution is -2.01. The zero-order valence-corrected chi connectivity index (χ0v) is 7.92. The van der Waals surface area contributed by atoms with Gasteiger partial charge in [0.05, 0.1) is 7.11 Å². The van der Waals surface area contributed by atoms with Gasteiger partial charge in [-0.05, 0) is 42.0 Å². The van der Waals surface area contributed by atoms with Crippen LogP contribution in [0.5, 0.6) is 5.75 Å². The van der Waals surface area contributed by atoms with E-state index >= 15 is 0 Å². The molecule has 0 aliphatic heterocycles. The van der Waals surface area contributed by atoms with Gasteiger partial charge in [0.25, 0.3) is 0 Å². The second kappa shape index (κ2) is 3.38. The van der Waals surface area contributed by atoms with E-state index in [2.05, 4.69) is 6.07 Å². The topological polar surface area (TPSA) is 35.2 Å². The Morgan fingerprint density at radius 3 is 2.77 bits per heavy atom. The molecule has 0 radical (unpaired) electrons. The van der Waals surface area contributed by atoms with Gasteiger partial charge in [0, 0.05) is 6.54 Å². The molecule has 2 heteroatoms. The lowest BCUT2D eigenvalue weighted by atomic mass is 10.0. The summed E-state index contributed by atoms with van der Waals surface area (Å²) in [6, 6.07) is 6.22. The molecule has 0 heterocycles. The van der Waals surface area contributed by atoms with Gasteiger partial charge in [0.2, 0.25) is 0 Å². The summed E-state index contributed by atoms with van der Waals surface area (Å²) in [4.78, 5) is 0. The third kappa shape index (κ3) is 1.68. The van der Waals surface area contributed by atoms with Gasteiger partial charge < -0.3 is 10.5 Å². The van der Waals surface area contributed by atoms with E-state index in [4.69, 9.17) is 10.5 Å². The van der Waals surface area contributed by atoms with Crippen LogP contribution in [0.2, 0.25) is 0 Å². The van der Waals surface area contributed by atoms with E-state index in [1.54, 1.807) is 7.11 Å².